The van der Waals surface area contributed by atoms with Crippen LogP contribution < -0.4 is 5.32 Å². The molecule has 4 rings (SSSR count). The van der Waals surface area contributed by atoms with E-state index in [4.69, 9.17) is 0 Å². The van der Waals surface area contributed by atoms with Crippen molar-refractivity contribution in [2.45, 2.75) is 51.0 Å². The molecule has 0 bridgehead atoms. The Morgan fingerprint density at radius 2 is 1.78 bits per heavy atom. The molecular weight excluding hydrogens is 334 g/mol. The van der Waals surface area contributed by atoms with E-state index in [1.165, 1.54) is 31.2 Å². The average Bonchev–Trinajstić information content (AvgIpc) is 3.22. The highest BCUT2D eigenvalue weighted by Crippen LogP contribution is 2.25. The number of hydrogen-bond acceptors (Lipinski definition) is 3. The molecule has 0 radical (unpaired) electrons. The lowest BCUT2D eigenvalue weighted by Crippen LogP contribution is -2.39. The third kappa shape index (κ3) is 4.68. The van der Waals surface area contributed by atoms with Crippen molar-refractivity contribution in [3.8, 4) is 0 Å². The van der Waals surface area contributed by atoms with Gasteiger partial charge in [-0.3, -0.25) is 9.78 Å². The third-order valence-corrected chi connectivity index (χ3v) is 5.98. The van der Waals surface area contributed by atoms with Crippen molar-refractivity contribution < 1.29 is 4.79 Å². The van der Waals surface area contributed by atoms with Gasteiger partial charge >= 0.3 is 0 Å². The van der Waals surface area contributed by atoms with Crippen LogP contribution in [0.3, 0.4) is 0 Å². The zero-order valence-electron chi connectivity index (χ0n) is 15.9. The minimum Gasteiger partial charge on any atom is -0.381 e. The smallest absolute Gasteiger partial charge is 0.255 e. The number of carbonyl (C=O) groups excluding carboxylic acids is 1. The number of aromatic nitrogens is 1. The predicted molar refractivity (Wildman–Crippen MR) is 109 cm³/mol. The molecule has 1 aromatic carbocycles. The summed E-state index contributed by atoms with van der Waals surface area (Å²) in [5, 5.41) is 3.54. The molecular formula is C23H29N3O. The molecule has 2 heterocycles. The number of piperidine rings is 1. The van der Waals surface area contributed by atoms with Crippen LogP contribution in [0, 0.1) is 5.92 Å². The Morgan fingerprint density at radius 1 is 1.04 bits per heavy atom. The maximum absolute atomic E-state index is 12.9. The maximum Gasteiger partial charge on any atom is 0.255 e. The first kappa shape index (κ1) is 18.0. The van der Waals surface area contributed by atoms with E-state index >= 15 is 0 Å². The van der Waals surface area contributed by atoms with Crippen molar-refractivity contribution >= 4 is 11.6 Å². The van der Waals surface area contributed by atoms with E-state index in [0.29, 0.717) is 17.5 Å². The van der Waals surface area contributed by atoms with Crippen LogP contribution in [-0.4, -0.2) is 34.9 Å². The van der Waals surface area contributed by atoms with E-state index in [1.807, 2.05) is 17.2 Å². The fourth-order valence-electron chi connectivity index (χ4n) is 4.41. The largest absolute Gasteiger partial charge is 0.381 e. The van der Waals surface area contributed by atoms with Gasteiger partial charge in [-0.05, 0) is 49.7 Å². The Hall–Kier alpha value is -2.36. The van der Waals surface area contributed by atoms with Crippen LogP contribution in [0.5, 0.6) is 0 Å². The van der Waals surface area contributed by atoms with Crippen molar-refractivity contribution in [2.24, 2.45) is 5.92 Å². The van der Waals surface area contributed by atoms with Gasteiger partial charge in [0.1, 0.15) is 0 Å². The number of rotatable bonds is 5. The number of benzene rings is 1. The van der Waals surface area contributed by atoms with Gasteiger partial charge in [0.05, 0.1) is 11.3 Å². The number of nitrogens with zero attached hydrogens (tertiary/aromatic N) is 2. The van der Waals surface area contributed by atoms with Crippen LogP contribution in [0.2, 0.25) is 0 Å². The van der Waals surface area contributed by atoms with Crippen LogP contribution in [-0.2, 0) is 6.42 Å². The van der Waals surface area contributed by atoms with Crippen LogP contribution in [0.15, 0.2) is 48.8 Å². The summed E-state index contributed by atoms with van der Waals surface area (Å²) in [6, 6.07) is 13.2. The standard InChI is InChI=1S/C23H29N3O/c27-23(20-15-22(17-24-16-20)25-21-8-4-5-9-21)26-12-10-19(11-13-26)14-18-6-2-1-3-7-18/h1-3,6-7,15-17,19,21,25H,4-5,8-14H2. The molecule has 1 aliphatic carbocycles. The molecule has 142 valence electrons. The van der Waals surface area contributed by atoms with E-state index in [-0.39, 0.29) is 5.91 Å². The van der Waals surface area contributed by atoms with Gasteiger partial charge < -0.3 is 10.2 Å². The number of amides is 1. The van der Waals surface area contributed by atoms with Gasteiger partial charge in [0.2, 0.25) is 0 Å². The molecule has 1 aliphatic heterocycles. The third-order valence-electron chi connectivity index (χ3n) is 5.98. The number of nitrogens with one attached hydrogen (secondary N) is 1. The Morgan fingerprint density at radius 3 is 2.52 bits per heavy atom. The van der Waals surface area contributed by atoms with Crippen molar-refractivity contribution in [1.29, 1.82) is 0 Å². The lowest BCUT2D eigenvalue weighted by molar-refractivity contribution is 0.0690. The van der Waals surface area contributed by atoms with Crippen molar-refractivity contribution in [2.75, 3.05) is 18.4 Å². The minimum atomic E-state index is 0.121. The number of anilines is 1. The molecule has 1 amide bonds. The SMILES string of the molecule is O=C(c1cncc(NC2CCCC2)c1)N1CCC(Cc2ccccc2)CC1. The Bertz CT molecular complexity index is 747. The predicted octanol–water partition coefficient (Wildman–Crippen LogP) is 4.53. The first-order chi connectivity index (χ1) is 13.3. The topological polar surface area (TPSA) is 45.2 Å². The Labute approximate surface area is 162 Å². The minimum absolute atomic E-state index is 0.121. The van der Waals surface area contributed by atoms with Gasteiger partial charge in [-0.2, -0.15) is 0 Å². The second kappa shape index (κ2) is 8.55. The van der Waals surface area contributed by atoms with Gasteiger partial charge in [0, 0.05) is 31.5 Å². The second-order valence-electron chi connectivity index (χ2n) is 8.01. The summed E-state index contributed by atoms with van der Waals surface area (Å²) >= 11 is 0. The van der Waals surface area contributed by atoms with E-state index < -0.39 is 0 Å². The maximum atomic E-state index is 12.9. The van der Waals surface area contributed by atoms with Crippen LogP contribution >= 0.6 is 0 Å². The summed E-state index contributed by atoms with van der Waals surface area (Å²) < 4.78 is 0. The molecule has 27 heavy (non-hydrogen) atoms. The molecule has 1 aromatic heterocycles. The Kier molecular flexibility index (Phi) is 5.71. The molecule has 2 aromatic rings. The summed E-state index contributed by atoms with van der Waals surface area (Å²) in [7, 11) is 0. The zero-order chi connectivity index (χ0) is 18.5. The number of hydrogen-bond donors (Lipinski definition) is 1. The van der Waals surface area contributed by atoms with E-state index in [0.717, 1.165) is 38.0 Å². The highest BCUT2D eigenvalue weighted by atomic mass is 16.2. The molecule has 1 saturated carbocycles. The van der Waals surface area contributed by atoms with E-state index in [1.54, 1.807) is 6.20 Å². The fraction of sp³-hybridized carbons (Fsp3) is 0.478. The normalized spacial score (nSPS) is 18.6. The summed E-state index contributed by atoms with van der Waals surface area (Å²) in [5.41, 5.74) is 3.09. The van der Waals surface area contributed by atoms with Crippen molar-refractivity contribution in [3.05, 3.63) is 59.9 Å². The van der Waals surface area contributed by atoms with Gasteiger partial charge in [0.15, 0.2) is 0 Å². The molecule has 2 fully saturated rings. The molecule has 0 unspecified atom stereocenters. The quantitative estimate of drug-likeness (QED) is 0.849. The van der Waals surface area contributed by atoms with Crippen LogP contribution in [0.4, 0.5) is 5.69 Å². The monoisotopic (exact) mass is 363 g/mol. The summed E-state index contributed by atoms with van der Waals surface area (Å²) in [6.07, 6.45) is 11.8. The Balaban J connectivity index is 1.32. The van der Waals surface area contributed by atoms with Gasteiger partial charge in [-0.1, -0.05) is 43.2 Å². The number of pyridine rings is 1. The average molecular weight is 364 g/mol. The van der Waals surface area contributed by atoms with E-state index in [2.05, 4.69) is 40.6 Å². The molecule has 1 saturated heterocycles. The fourth-order valence-corrected chi connectivity index (χ4v) is 4.41. The molecule has 1 N–H and O–H groups in total. The first-order valence-electron chi connectivity index (χ1n) is 10.3. The number of carbonyl (C=O) groups is 1. The molecule has 0 spiro atoms. The summed E-state index contributed by atoms with van der Waals surface area (Å²) in [4.78, 5) is 19.2. The molecule has 4 nitrogen and oxygen atoms in total. The second-order valence-corrected chi connectivity index (χ2v) is 8.01. The highest BCUT2D eigenvalue weighted by Gasteiger charge is 2.24. The van der Waals surface area contributed by atoms with Gasteiger partial charge in [0.25, 0.3) is 5.91 Å². The molecule has 0 atom stereocenters. The lowest BCUT2D eigenvalue weighted by atomic mass is 9.90. The van der Waals surface area contributed by atoms with E-state index in [9.17, 15) is 4.79 Å². The van der Waals surface area contributed by atoms with Gasteiger partial charge in [-0.25, -0.2) is 0 Å². The molecule has 2 aliphatic rings. The van der Waals surface area contributed by atoms with Crippen LogP contribution in [0.1, 0.15) is 54.4 Å². The summed E-state index contributed by atoms with van der Waals surface area (Å²) in [5.74, 6) is 0.792. The zero-order valence-corrected chi connectivity index (χ0v) is 15.9. The van der Waals surface area contributed by atoms with Crippen molar-refractivity contribution in [1.82, 2.24) is 9.88 Å². The summed E-state index contributed by atoms with van der Waals surface area (Å²) in [6.45, 7) is 1.69. The lowest BCUT2D eigenvalue weighted by Gasteiger charge is -2.32. The number of likely N-dealkylation sites (tertiary alicyclic amines) is 1. The van der Waals surface area contributed by atoms with Crippen LogP contribution in [0.25, 0.3) is 0 Å². The molecule has 4 heteroatoms. The highest BCUT2D eigenvalue weighted by molar-refractivity contribution is 5.94. The van der Waals surface area contributed by atoms with Crippen molar-refractivity contribution in [3.63, 3.8) is 0 Å². The first-order valence-corrected chi connectivity index (χ1v) is 10.3. The van der Waals surface area contributed by atoms with Gasteiger partial charge in [-0.15, -0.1) is 0 Å².